The van der Waals surface area contributed by atoms with Crippen LogP contribution in [0.3, 0.4) is 0 Å². The second-order valence-corrected chi connectivity index (χ2v) is 7.91. The third kappa shape index (κ3) is 7.97. The lowest BCUT2D eigenvalue weighted by Crippen LogP contribution is -2.14. The van der Waals surface area contributed by atoms with E-state index in [9.17, 15) is 0 Å². The van der Waals surface area contributed by atoms with Crippen LogP contribution in [0.2, 0.25) is 0 Å². The molecule has 11 nitrogen and oxygen atoms in total. The minimum absolute atomic E-state index is 0.374. The van der Waals surface area contributed by atoms with Crippen molar-refractivity contribution in [1.82, 2.24) is 27.5 Å². The first kappa shape index (κ1) is 25.0. The van der Waals surface area contributed by atoms with Gasteiger partial charge in [0, 0.05) is 35.9 Å². The second-order valence-electron chi connectivity index (χ2n) is 6.85. The first-order valence-electron chi connectivity index (χ1n) is 10.9. The van der Waals surface area contributed by atoms with Crippen molar-refractivity contribution >= 4 is 23.5 Å². The molecule has 0 N–H and O–H groups in total. The topological polar surface area (TPSA) is 123 Å². The SMILES string of the molecule is c1cncc(-c2nsnc2OCCOCCOCCOCCOc2nsnc2-c2cccnc2)c1. The van der Waals surface area contributed by atoms with E-state index in [0.29, 0.717) is 76.0 Å². The molecule has 0 aromatic carbocycles. The Balaban J connectivity index is 0.984. The molecule has 0 radical (unpaired) electrons. The highest BCUT2D eigenvalue weighted by Gasteiger charge is 2.12. The summed E-state index contributed by atoms with van der Waals surface area (Å²) in [4.78, 5) is 8.19. The van der Waals surface area contributed by atoms with Crippen molar-refractivity contribution in [2.45, 2.75) is 0 Å². The Labute approximate surface area is 210 Å². The Kier molecular flexibility index (Phi) is 10.2. The summed E-state index contributed by atoms with van der Waals surface area (Å²) < 4.78 is 44.8. The molecule has 0 aliphatic rings. The van der Waals surface area contributed by atoms with Gasteiger partial charge in [-0.25, -0.2) is 0 Å². The van der Waals surface area contributed by atoms with Gasteiger partial charge in [0.15, 0.2) is 0 Å². The van der Waals surface area contributed by atoms with Crippen LogP contribution in [0.15, 0.2) is 49.1 Å². The van der Waals surface area contributed by atoms with Crippen LogP contribution in [-0.4, -0.2) is 80.3 Å². The number of pyridine rings is 2. The van der Waals surface area contributed by atoms with Gasteiger partial charge >= 0.3 is 0 Å². The van der Waals surface area contributed by atoms with Crippen LogP contribution in [0.1, 0.15) is 0 Å². The first-order valence-corrected chi connectivity index (χ1v) is 12.3. The summed E-state index contributed by atoms with van der Waals surface area (Å²) in [5.74, 6) is 0.978. The molecular formula is C22H24N6O5S2. The molecule has 0 saturated carbocycles. The van der Waals surface area contributed by atoms with Crippen LogP contribution in [-0.2, 0) is 14.2 Å². The molecule has 0 fully saturated rings. The van der Waals surface area contributed by atoms with Crippen LogP contribution in [0.4, 0.5) is 0 Å². The number of hydrogen-bond acceptors (Lipinski definition) is 13. The van der Waals surface area contributed by atoms with Crippen LogP contribution in [0.25, 0.3) is 22.5 Å². The Morgan fingerprint density at radius 2 is 0.971 bits per heavy atom. The molecule has 0 aliphatic heterocycles. The third-order valence-electron chi connectivity index (χ3n) is 4.46. The van der Waals surface area contributed by atoms with Crippen molar-refractivity contribution < 1.29 is 23.7 Å². The van der Waals surface area contributed by atoms with Crippen LogP contribution >= 0.6 is 23.5 Å². The maximum absolute atomic E-state index is 5.67. The minimum Gasteiger partial charge on any atom is -0.473 e. The van der Waals surface area contributed by atoms with Crippen LogP contribution in [0.5, 0.6) is 11.8 Å². The fourth-order valence-corrected chi connectivity index (χ4v) is 3.88. The molecule has 13 heteroatoms. The van der Waals surface area contributed by atoms with Crippen molar-refractivity contribution in [3.63, 3.8) is 0 Å². The van der Waals surface area contributed by atoms with Crippen LogP contribution in [0, 0.1) is 0 Å². The fourth-order valence-electron chi connectivity index (χ4n) is 2.85. The molecule has 0 amide bonds. The molecule has 0 bridgehead atoms. The number of aromatic nitrogens is 6. The summed E-state index contributed by atoms with van der Waals surface area (Å²) in [5, 5.41) is 0. The number of hydrogen-bond donors (Lipinski definition) is 0. The maximum atomic E-state index is 5.67. The fraction of sp³-hybridized carbons (Fsp3) is 0.364. The van der Waals surface area contributed by atoms with Crippen molar-refractivity contribution in [1.29, 1.82) is 0 Å². The summed E-state index contributed by atoms with van der Waals surface area (Å²) in [6.45, 7) is 3.46. The standard InChI is InChI=1S/C22H24N6O5S2/c1-3-17(15-23-5-1)19-21(27-34-25-19)32-13-11-30-9-7-29-8-10-31-12-14-33-22-20(26-35-28-22)18-4-2-6-24-16-18/h1-6,15-16H,7-14H2. The van der Waals surface area contributed by atoms with Gasteiger partial charge in [0.25, 0.3) is 11.8 Å². The molecule has 184 valence electrons. The average Bonchev–Trinajstić information content (AvgIpc) is 3.57. The predicted molar refractivity (Wildman–Crippen MR) is 130 cm³/mol. The quantitative estimate of drug-likeness (QED) is 0.204. The second kappa shape index (κ2) is 14.3. The first-order chi connectivity index (χ1) is 17.4. The highest BCUT2D eigenvalue weighted by atomic mass is 32.1. The molecule has 0 unspecified atom stereocenters. The van der Waals surface area contributed by atoms with Gasteiger partial charge in [0.05, 0.1) is 63.1 Å². The normalized spacial score (nSPS) is 11.0. The van der Waals surface area contributed by atoms with Gasteiger partial charge in [-0.05, 0) is 24.3 Å². The van der Waals surface area contributed by atoms with Gasteiger partial charge in [0.2, 0.25) is 0 Å². The zero-order chi connectivity index (χ0) is 24.0. The zero-order valence-electron chi connectivity index (χ0n) is 18.8. The van der Waals surface area contributed by atoms with Crippen molar-refractivity contribution in [2.75, 3.05) is 52.9 Å². The minimum atomic E-state index is 0.374. The molecule has 4 aromatic rings. The lowest BCUT2D eigenvalue weighted by Gasteiger charge is -2.08. The molecule has 0 saturated heterocycles. The molecular weight excluding hydrogens is 492 g/mol. The molecule has 4 aromatic heterocycles. The lowest BCUT2D eigenvalue weighted by molar-refractivity contribution is 0.00472. The number of nitrogens with zero attached hydrogens (tertiary/aromatic N) is 6. The highest BCUT2D eigenvalue weighted by molar-refractivity contribution is 6.99. The Morgan fingerprint density at radius 1 is 0.543 bits per heavy atom. The van der Waals surface area contributed by atoms with Gasteiger partial charge in [0.1, 0.15) is 24.6 Å². The molecule has 35 heavy (non-hydrogen) atoms. The number of rotatable bonds is 16. The monoisotopic (exact) mass is 516 g/mol. The van der Waals surface area contributed by atoms with E-state index in [2.05, 4.69) is 27.5 Å². The van der Waals surface area contributed by atoms with Crippen molar-refractivity contribution in [3.8, 4) is 34.3 Å². The molecule has 0 atom stereocenters. The van der Waals surface area contributed by atoms with E-state index < -0.39 is 0 Å². The Morgan fingerprint density at radius 3 is 1.37 bits per heavy atom. The average molecular weight is 517 g/mol. The van der Waals surface area contributed by atoms with Gasteiger partial charge in [-0.15, -0.1) is 8.75 Å². The molecule has 0 spiro atoms. The highest BCUT2D eigenvalue weighted by Crippen LogP contribution is 2.27. The van der Waals surface area contributed by atoms with E-state index in [1.165, 1.54) is 0 Å². The maximum Gasteiger partial charge on any atom is 0.254 e. The summed E-state index contributed by atoms with van der Waals surface area (Å²) in [6.07, 6.45) is 6.88. The molecule has 0 aliphatic carbocycles. The van der Waals surface area contributed by atoms with E-state index in [0.717, 1.165) is 34.6 Å². The Bertz CT molecular complexity index is 1030. The Hall–Kier alpha value is -3.10. The van der Waals surface area contributed by atoms with E-state index in [1.54, 1.807) is 24.8 Å². The van der Waals surface area contributed by atoms with E-state index in [1.807, 2.05) is 24.3 Å². The van der Waals surface area contributed by atoms with E-state index >= 15 is 0 Å². The predicted octanol–water partition coefficient (Wildman–Crippen LogP) is 3.02. The molecule has 4 rings (SSSR count). The lowest BCUT2D eigenvalue weighted by atomic mass is 10.2. The third-order valence-corrected chi connectivity index (χ3v) is 5.49. The van der Waals surface area contributed by atoms with E-state index in [-0.39, 0.29) is 0 Å². The van der Waals surface area contributed by atoms with E-state index in [4.69, 9.17) is 23.7 Å². The van der Waals surface area contributed by atoms with Gasteiger partial charge in [-0.3, -0.25) is 9.97 Å². The summed E-state index contributed by atoms with van der Waals surface area (Å²) in [6, 6.07) is 7.53. The van der Waals surface area contributed by atoms with Crippen molar-refractivity contribution in [2.24, 2.45) is 0 Å². The smallest absolute Gasteiger partial charge is 0.254 e. The zero-order valence-corrected chi connectivity index (χ0v) is 20.4. The van der Waals surface area contributed by atoms with Crippen molar-refractivity contribution in [3.05, 3.63) is 49.1 Å². The number of ether oxygens (including phenoxy) is 5. The largest absolute Gasteiger partial charge is 0.473 e. The van der Waals surface area contributed by atoms with Gasteiger partial charge in [-0.2, -0.15) is 8.75 Å². The molecule has 4 heterocycles. The van der Waals surface area contributed by atoms with Gasteiger partial charge < -0.3 is 23.7 Å². The summed E-state index contributed by atoms with van der Waals surface area (Å²) in [7, 11) is 0. The van der Waals surface area contributed by atoms with Crippen LogP contribution < -0.4 is 9.47 Å². The van der Waals surface area contributed by atoms with Gasteiger partial charge in [-0.1, -0.05) is 0 Å². The summed E-state index contributed by atoms with van der Waals surface area (Å²) in [5.41, 5.74) is 3.12. The summed E-state index contributed by atoms with van der Waals surface area (Å²) >= 11 is 2.21.